The summed E-state index contributed by atoms with van der Waals surface area (Å²) in [7, 11) is 1.65. The number of benzene rings is 1. The van der Waals surface area contributed by atoms with Gasteiger partial charge in [-0.1, -0.05) is 11.8 Å². The molecule has 0 unspecified atom stereocenters. The summed E-state index contributed by atoms with van der Waals surface area (Å²) in [5.41, 5.74) is 0.890. The zero-order valence-corrected chi connectivity index (χ0v) is 12.4. The van der Waals surface area contributed by atoms with Crippen molar-refractivity contribution in [2.75, 3.05) is 7.11 Å². The minimum atomic E-state index is 0.280. The molecule has 0 radical (unpaired) electrons. The van der Waals surface area contributed by atoms with Crippen LogP contribution in [0.1, 0.15) is 0 Å². The molecule has 3 nitrogen and oxygen atoms in total. The summed E-state index contributed by atoms with van der Waals surface area (Å²) in [5.74, 6) is 0.839. The topological polar surface area (TPSA) is 35.0 Å². The van der Waals surface area contributed by atoms with Crippen molar-refractivity contribution in [2.45, 2.75) is 9.92 Å². The van der Waals surface area contributed by atoms with E-state index in [0.29, 0.717) is 0 Å². The lowest BCUT2D eigenvalue weighted by Crippen LogP contribution is -1.86. The normalized spacial score (nSPS) is 10.8. The summed E-state index contributed by atoms with van der Waals surface area (Å²) in [4.78, 5) is 9.59. The Balaban J connectivity index is 1.97. The molecule has 0 saturated heterocycles. The molecule has 0 aliphatic carbocycles. The lowest BCUT2D eigenvalue weighted by Gasteiger charge is -2.04. The predicted octanol–water partition coefficient (Wildman–Crippen LogP) is 4.50. The van der Waals surface area contributed by atoms with Crippen LogP contribution in [0.2, 0.25) is 5.28 Å². The average molecular weight is 309 g/mol. The number of halogens is 1. The number of hydrogen-bond donors (Lipinski definition) is 0. The van der Waals surface area contributed by atoms with Crippen molar-refractivity contribution < 1.29 is 4.74 Å². The van der Waals surface area contributed by atoms with Gasteiger partial charge in [-0.25, -0.2) is 9.97 Å². The van der Waals surface area contributed by atoms with Crippen LogP contribution in [-0.4, -0.2) is 17.1 Å². The first kappa shape index (κ1) is 12.7. The molecule has 0 saturated carbocycles. The standard InChI is InChI=1S/C13H9ClN2OS2/c1-17-8-2-4-9(5-3-8)19-12-11-10(6-7-18-11)15-13(14)16-12/h2-7H,1H3. The maximum Gasteiger partial charge on any atom is 0.224 e. The highest BCUT2D eigenvalue weighted by molar-refractivity contribution is 7.99. The van der Waals surface area contributed by atoms with E-state index in [1.165, 1.54) is 0 Å². The molecular weight excluding hydrogens is 300 g/mol. The van der Waals surface area contributed by atoms with Crippen LogP contribution in [0, 0.1) is 0 Å². The zero-order valence-electron chi connectivity index (χ0n) is 9.96. The number of fused-ring (bicyclic) bond motifs is 1. The van der Waals surface area contributed by atoms with Crippen LogP contribution in [0.4, 0.5) is 0 Å². The second-order valence-electron chi connectivity index (χ2n) is 3.71. The number of ether oxygens (including phenoxy) is 1. The molecule has 0 amide bonds. The van der Waals surface area contributed by atoms with Gasteiger partial charge in [-0.3, -0.25) is 0 Å². The van der Waals surface area contributed by atoms with Crippen LogP contribution >= 0.6 is 34.7 Å². The summed E-state index contributed by atoms with van der Waals surface area (Å²) >= 11 is 9.14. The van der Waals surface area contributed by atoms with E-state index in [4.69, 9.17) is 16.3 Å². The molecule has 6 heteroatoms. The first-order chi connectivity index (χ1) is 9.26. The van der Waals surface area contributed by atoms with Gasteiger partial charge in [-0.2, -0.15) is 0 Å². The van der Waals surface area contributed by atoms with Gasteiger partial charge in [0, 0.05) is 4.90 Å². The summed E-state index contributed by atoms with van der Waals surface area (Å²) in [6.07, 6.45) is 0. The van der Waals surface area contributed by atoms with Gasteiger partial charge in [0.15, 0.2) is 0 Å². The minimum absolute atomic E-state index is 0.280. The second-order valence-corrected chi connectivity index (χ2v) is 6.03. The third-order valence-electron chi connectivity index (χ3n) is 2.52. The predicted molar refractivity (Wildman–Crippen MR) is 79.5 cm³/mol. The average Bonchev–Trinajstić information content (AvgIpc) is 2.88. The molecule has 1 aromatic carbocycles. The molecular formula is C13H9ClN2OS2. The van der Waals surface area contributed by atoms with Crippen molar-refractivity contribution >= 4 is 44.9 Å². The summed E-state index contributed by atoms with van der Waals surface area (Å²) in [6.45, 7) is 0. The SMILES string of the molecule is COc1ccc(Sc2nc(Cl)nc3ccsc23)cc1. The Bertz CT molecular complexity index is 712. The third kappa shape index (κ3) is 2.68. The quantitative estimate of drug-likeness (QED) is 0.527. The molecule has 96 valence electrons. The second kappa shape index (κ2) is 5.36. The molecule has 0 spiro atoms. The molecule has 3 aromatic rings. The Morgan fingerprint density at radius 1 is 1.16 bits per heavy atom. The number of thiophene rings is 1. The Morgan fingerprint density at radius 3 is 2.68 bits per heavy atom. The molecule has 2 heterocycles. The fraction of sp³-hybridized carbons (Fsp3) is 0.0769. The molecule has 19 heavy (non-hydrogen) atoms. The number of aromatic nitrogens is 2. The van der Waals surface area contributed by atoms with Crippen molar-refractivity contribution in [1.82, 2.24) is 9.97 Å². The molecule has 0 fully saturated rings. The fourth-order valence-electron chi connectivity index (χ4n) is 1.63. The van der Waals surface area contributed by atoms with Crippen LogP contribution in [0.3, 0.4) is 0 Å². The summed E-state index contributed by atoms with van der Waals surface area (Å²) < 4.78 is 6.20. The molecule has 0 atom stereocenters. The van der Waals surface area contributed by atoms with Crippen molar-refractivity contribution in [3.63, 3.8) is 0 Å². The van der Waals surface area contributed by atoms with Gasteiger partial charge in [-0.05, 0) is 47.3 Å². The highest BCUT2D eigenvalue weighted by Gasteiger charge is 2.09. The Labute approximate surface area is 123 Å². The van der Waals surface area contributed by atoms with E-state index < -0.39 is 0 Å². The van der Waals surface area contributed by atoms with Crippen LogP contribution in [0.5, 0.6) is 5.75 Å². The number of nitrogens with zero attached hydrogens (tertiary/aromatic N) is 2. The van der Waals surface area contributed by atoms with Gasteiger partial charge in [-0.15, -0.1) is 11.3 Å². The first-order valence-electron chi connectivity index (χ1n) is 5.49. The highest BCUT2D eigenvalue weighted by atomic mass is 35.5. The van der Waals surface area contributed by atoms with Crippen molar-refractivity contribution in [3.8, 4) is 5.75 Å². The van der Waals surface area contributed by atoms with Gasteiger partial charge in [0.2, 0.25) is 5.28 Å². The number of methoxy groups -OCH3 is 1. The molecule has 0 bridgehead atoms. The Kier molecular flexibility index (Phi) is 3.59. The van der Waals surface area contributed by atoms with Crippen LogP contribution < -0.4 is 4.74 Å². The molecule has 0 aliphatic rings. The Morgan fingerprint density at radius 2 is 1.95 bits per heavy atom. The molecule has 0 N–H and O–H groups in total. The van der Waals surface area contributed by atoms with Gasteiger partial charge in [0.25, 0.3) is 0 Å². The van der Waals surface area contributed by atoms with Crippen molar-refractivity contribution in [3.05, 3.63) is 41.0 Å². The maximum absolute atomic E-state index is 5.94. The molecule has 2 aromatic heterocycles. The lowest BCUT2D eigenvalue weighted by atomic mass is 10.3. The number of hydrogen-bond acceptors (Lipinski definition) is 5. The van der Waals surface area contributed by atoms with Crippen LogP contribution in [0.15, 0.2) is 45.6 Å². The minimum Gasteiger partial charge on any atom is -0.497 e. The summed E-state index contributed by atoms with van der Waals surface area (Å²) in [5, 5.41) is 3.16. The Hall–Kier alpha value is -1.30. The van der Waals surface area contributed by atoms with E-state index in [-0.39, 0.29) is 5.28 Å². The lowest BCUT2D eigenvalue weighted by molar-refractivity contribution is 0.414. The van der Waals surface area contributed by atoms with E-state index in [0.717, 1.165) is 25.9 Å². The highest BCUT2D eigenvalue weighted by Crippen LogP contribution is 2.35. The summed E-state index contributed by atoms with van der Waals surface area (Å²) in [6, 6.07) is 9.80. The largest absolute Gasteiger partial charge is 0.497 e. The van der Waals surface area contributed by atoms with Crippen molar-refractivity contribution in [2.24, 2.45) is 0 Å². The van der Waals surface area contributed by atoms with E-state index in [2.05, 4.69) is 9.97 Å². The molecule has 3 rings (SSSR count). The smallest absolute Gasteiger partial charge is 0.224 e. The third-order valence-corrected chi connectivity index (χ3v) is 4.72. The molecule has 0 aliphatic heterocycles. The monoisotopic (exact) mass is 308 g/mol. The van der Waals surface area contributed by atoms with Crippen LogP contribution in [-0.2, 0) is 0 Å². The van der Waals surface area contributed by atoms with E-state index in [9.17, 15) is 0 Å². The van der Waals surface area contributed by atoms with E-state index in [1.54, 1.807) is 30.2 Å². The van der Waals surface area contributed by atoms with Gasteiger partial charge in [0.05, 0.1) is 17.3 Å². The van der Waals surface area contributed by atoms with Crippen LogP contribution in [0.25, 0.3) is 10.2 Å². The van der Waals surface area contributed by atoms with Gasteiger partial charge >= 0.3 is 0 Å². The van der Waals surface area contributed by atoms with E-state index in [1.807, 2.05) is 35.7 Å². The maximum atomic E-state index is 5.94. The van der Waals surface area contributed by atoms with Gasteiger partial charge in [0.1, 0.15) is 10.8 Å². The zero-order chi connectivity index (χ0) is 13.2. The fourth-order valence-corrected chi connectivity index (χ4v) is 3.67. The van der Waals surface area contributed by atoms with Gasteiger partial charge < -0.3 is 4.74 Å². The first-order valence-corrected chi connectivity index (χ1v) is 7.56. The van der Waals surface area contributed by atoms with Crippen molar-refractivity contribution in [1.29, 1.82) is 0 Å². The van der Waals surface area contributed by atoms with E-state index >= 15 is 0 Å². The number of rotatable bonds is 3.